The summed E-state index contributed by atoms with van der Waals surface area (Å²) in [4.78, 5) is 40.6. The van der Waals surface area contributed by atoms with E-state index in [1.165, 1.54) is 7.11 Å². The van der Waals surface area contributed by atoms with Gasteiger partial charge in [-0.3, -0.25) is 24.8 Å². The number of para-hydroxylation sites is 1. The molecule has 1 aromatic carbocycles. The zero-order chi connectivity index (χ0) is 18.5. The Morgan fingerprint density at radius 1 is 1.31 bits per heavy atom. The van der Waals surface area contributed by atoms with Gasteiger partial charge in [0.2, 0.25) is 17.8 Å². The number of hydrogen-bond donors (Lipinski definition) is 4. The van der Waals surface area contributed by atoms with Crippen molar-refractivity contribution in [1.29, 1.82) is 0 Å². The summed E-state index contributed by atoms with van der Waals surface area (Å²) < 4.78 is 4.90. The van der Waals surface area contributed by atoms with Crippen LogP contribution in [0.15, 0.2) is 24.3 Å². The zero-order valence-corrected chi connectivity index (χ0v) is 14.0. The number of ether oxygens (including phenoxy) is 1. The molecule has 0 spiro atoms. The minimum Gasteiger partial charge on any atom is -0.377 e. The maximum Gasteiger partial charge on any atom is 0.254 e. The first-order chi connectivity index (χ1) is 12.6. The molecule has 1 atom stereocenters. The minimum absolute atomic E-state index is 0.0167. The van der Waals surface area contributed by atoms with Gasteiger partial charge in [0.15, 0.2) is 5.82 Å². The Kier molecular flexibility index (Phi) is 5.23. The van der Waals surface area contributed by atoms with E-state index in [4.69, 9.17) is 4.74 Å². The molecule has 0 radical (unpaired) electrons. The number of benzene rings is 1. The largest absolute Gasteiger partial charge is 0.377 e. The Bertz CT molecular complexity index is 834. The smallest absolute Gasteiger partial charge is 0.254 e. The molecular formula is C16H18N6O4. The Morgan fingerprint density at radius 2 is 2.12 bits per heavy atom. The van der Waals surface area contributed by atoms with Crippen LogP contribution >= 0.6 is 0 Å². The third-order valence-electron chi connectivity index (χ3n) is 3.78. The SMILES string of the molecule is COCc1nc(NC(=O)CCC2NC(=O)c3ccccc3NC2=O)n[nH]1. The number of methoxy groups -OCH3 is 1. The summed E-state index contributed by atoms with van der Waals surface area (Å²) in [6.07, 6.45) is 0.162. The van der Waals surface area contributed by atoms with Crippen molar-refractivity contribution in [3.05, 3.63) is 35.7 Å². The van der Waals surface area contributed by atoms with Gasteiger partial charge < -0.3 is 15.4 Å². The van der Waals surface area contributed by atoms with Crippen molar-refractivity contribution in [2.24, 2.45) is 0 Å². The van der Waals surface area contributed by atoms with Crippen LogP contribution in [0.4, 0.5) is 11.6 Å². The average molecular weight is 358 g/mol. The van der Waals surface area contributed by atoms with Crippen molar-refractivity contribution >= 4 is 29.4 Å². The quantitative estimate of drug-likeness (QED) is 0.590. The first-order valence-electron chi connectivity index (χ1n) is 7.97. The second-order valence-electron chi connectivity index (χ2n) is 5.69. The van der Waals surface area contributed by atoms with Gasteiger partial charge in [-0.2, -0.15) is 4.98 Å². The molecule has 10 nitrogen and oxygen atoms in total. The lowest BCUT2D eigenvalue weighted by atomic mass is 10.1. The van der Waals surface area contributed by atoms with Crippen molar-refractivity contribution in [2.75, 3.05) is 17.7 Å². The predicted octanol–water partition coefficient (Wildman–Crippen LogP) is 0.420. The number of nitrogens with one attached hydrogen (secondary N) is 4. The summed E-state index contributed by atoms with van der Waals surface area (Å²) in [5.41, 5.74) is 0.840. The third kappa shape index (κ3) is 4.03. The average Bonchev–Trinajstić information content (AvgIpc) is 3.01. The van der Waals surface area contributed by atoms with Crippen molar-refractivity contribution in [3.63, 3.8) is 0 Å². The van der Waals surface area contributed by atoms with Gasteiger partial charge in [0, 0.05) is 13.5 Å². The number of hydrogen-bond acceptors (Lipinski definition) is 6. The summed E-state index contributed by atoms with van der Waals surface area (Å²) in [6, 6.07) is 5.92. The highest BCUT2D eigenvalue weighted by Gasteiger charge is 2.27. The lowest BCUT2D eigenvalue weighted by Gasteiger charge is -2.13. The van der Waals surface area contributed by atoms with Crippen molar-refractivity contribution in [1.82, 2.24) is 20.5 Å². The highest BCUT2D eigenvalue weighted by atomic mass is 16.5. The van der Waals surface area contributed by atoms with E-state index in [0.717, 1.165) is 0 Å². The summed E-state index contributed by atoms with van der Waals surface area (Å²) in [7, 11) is 1.52. The van der Waals surface area contributed by atoms with Crippen LogP contribution < -0.4 is 16.0 Å². The molecule has 0 saturated heterocycles. The molecule has 4 N–H and O–H groups in total. The van der Waals surface area contributed by atoms with Gasteiger partial charge in [0.1, 0.15) is 12.6 Å². The molecule has 0 fully saturated rings. The summed E-state index contributed by atoms with van der Waals surface area (Å²) >= 11 is 0. The van der Waals surface area contributed by atoms with E-state index < -0.39 is 6.04 Å². The molecule has 1 aromatic heterocycles. The Morgan fingerprint density at radius 3 is 2.92 bits per heavy atom. The monoisotopic (exact) mass is 358 g/mol. The molecular weight excluding hydrogens is 340 g/mol. The van der Waals surface area contributed by atoms with E-state index in [2.05, 4.69) is 31.1 Å². The number of carbonyl (C=O) groups is 3. The Labute approximate surface area is 148 Å². The van der Waals surface area contributed by atoms with Gasteiger partial charge in [-0.15, -0.1) is 5.10 Å². The number of fused-ring (bicyclic) bond motifs is 1. The molecule has 26 heavy (non-hydrogen) atoms. The van der Waals surface area contributed by atoms with Crippen LogP contribution in [0.2, 0.25) is 0 Å². The van der Waals surface area contributed by atoms with Crippen LogP contribution in [-0.2, 0) is 20.9 Å². The van der Waals surface area contributed by atoms with Crippen LogP contribution in [0.5, 0.6) is 0 Å². The molecule has 1 aliphatic rings. The Balaban J connectivity index is 1.56. The van der Waals surface area contributed by atoms with Crippen LogP contribution in [0.25, 0.3) is 0 Å². The molecule has 3 amide bonds. The molecule has 0 saturated carbocycles. The molecule has 1 aliphatic heterocycles. The number of aromatic amines is 1. The van der Waals surface area contributed by atoms with Gasteiger partial charge in [-0.25, -0.2) is 0 Å². The lowest BCUT2D eigenvalue weighted by molar-refractivity contribution is -0.118. The summed E-state index contributed by atoms with van der Waals surface area (Å²) in [5, 5.41) is 14.3. The minimum atomic E-state index is -0.808. The van der Waals surface area contributed by atoms with Gasteiger partial charge >= 0.3 is 0 Å². The normalized spacial score (nSPS) is 16.3. The molecule has 3 rings (SSSR count). The number of amides is 3. The van der Waals surface area contributed by atoms with Crippen molar-refractivity contribution < 1.29 is 19.1 Å². The van der Waals surface area contributed by atoms with Crippen molar-refractivity contribution in [2.45, 2.75) is 25.5 Å². The second-order valence-corrected chi connectivity index (χ2v) is 5.69. The molecule has 1 unspecified atom stereocenters. The second kappa shape index (κ2) is 7.74. The molecule has 0 bridgehead atoms. The zero-order valence-electron chi connectivity index (χ0n) is 14.0. The van der Waals surface area contributed by atoms with E-state index in [1.807, 2.05) is 0 Å². The van der Waals surface area contributed by atoms with Gasteiger partial charge in [0.05, 0.1) is 11.3 Å². The topological polar surface area (TPSA) is 138 Å². The van der Waals surface area contributed by atoms with Gasteiger partial charge in [0.25, 0.3) is 5.91 Å². The number of H-pyrrole nitrogens is 1. The van der Waals surface area contributed by atoms with Gasteiger partial charge in [-0.05, 0) is 18.6 Å². The number of aromatic nitrogens is 3. The fourth-order valence-corrected chi connectivity index (χ4v) is 2.53. The first-order valence-corrected chi connectivity index (χ1v) is 7.97. The molecule has 2 heterocycles. The highest BCUT2D eigenvalue weighted by molar-refractivity contribution is 6.09. The number of nitrogens with zero attached hydrogens (tertiary/aromatic N) is 2. The van der Waals surface area contributed by atoms with E-state index in [1.54, 1.807) is 24.3 Å². The molecule has 0 aliphatic carbocycles. The maximum absolute atomic E-state index is 12.3. The van der Waals surface area contributed by atoms with Crippen LogP contribution in [-0.4, -0.2) is 46.1 Å². The van der Waals surface area contributed by atoms with Crippen LogP contribution in [0.1, 0.15) is 29.0 Å². The fourth-order valence-electron chi connectivity index (χ4n) is 2.53. The van der Waals surface area contributed by atoms with E-state index >= 15 is 0 Å². The highest BCUT2D eigenvalue weighted by Crippen LogP contribution is 2.19. The predicted molar refractivity (Wildman–Crippen MR) is 91.3 cm³/mol. The van der Waals surface area contributed by atoms with Gasteiger partial charge in [-0.1, -0.05) is 12.1 Å². The summed E-state index contributed by atoms with van der Waals surface area (Å²) in [6.45, 7) is 0.248. The summed E-state index contributed by atoms with van der Waals surface area (Å²) in [5.74, 6) is -0.476. The van der Waals surface area contributed by atoms with Crippen LogP contribution in [0.3, 0.4) is 0 Å². The van der Waals surface area contributed by atoms with E-state index in [0.29, 0.717) is 17.1 Å². The van der Waals surface area contributed by atoms with Crippen molar-refractivity contribution in [3.8, 4) is 0 Å². The first kappa shape index (κ1) is 17.5. The van der Waals surface area contributed by atoms with Crippen LogP contribution in [0, 0.1) is 0 Å². The maximum atomic E-state index is 12.3. The molecule has 136 valence electrons. The third-order valence-corrected chi connectivity index (χ3v) is 3.78. The molecule has 2 aromatic rings. The number of carbonyl (C=O) groups excluding carboxylic acids is 3. The number of anilines is 2. The standard InChI is InChI=1S/C16H18N6O4/c1-26-8-12-19-16(22-21-12)20-13(23)7-6-11-15(25)17-10-5-3-2-4-9(10)14(24)18-11/h2-5,11H,6-8H2,1H3,(H,17,25)(H,18,24)(H2,19,20,21,22,23). The lowest BCUT2D eigenvalue weighted by Crippen LogP contribution is -2.41. The fraction of sp³-hybridized carbons (Fsp3) is 0.312. The Hall–Kier alpha value is -3.27. The van der Waals surface area contributed by atoms with E-state index in [9.17, 15) is 14.4 Å². The molecule has 10 heteroatoms. The number of rotatable bonds is 6. The van der Waals surface area contributed by atoms with E-state index in [-0.39, 0.29) is 43.1 Å².